The number of hydrogen-bond donors (Lipinski definition) is 2. The van der Waals surface area contributed by atoms with Crippen LogP contribution in [0.3, 0.4) is 0 Å². The highest BCUT2D eigenvalue weighted by Crippen LogP contribution is 2.14. The number of aromatic nitrogens is 2. The number of carbonyl (C=O) groups excluding carboxylic acids is 1. The largest absolute Gasteiger partial charge is 0.395 e. The summed E-state index contributed by atoms with van der Waals surface area (Å²) in [6, 6.07) is 0. The average Bonchev–Trinajstić information content (AvgIpc) is 2.47. The van der Waals surface area contributed by atoms with E-state index in [0.29, 0.717) is 23.5 Å². The zero-order valence-electron chi connectivity index (χ0n) is 10.7. The topological polar surface area (TPSA) is 107 Å². The number of hydrogen-bond acceptors (Lipinski definition) is 5. The molecule has 0 saturated carbocycles. The summed E-state index contributed by atoms with van der Waals surface area (Å²) in [6.45, 7) is 2.01. The molecule has 0 radical (unpaired) electrons. The van der Waals surface area contributed by atoms with E-state index in [9.17, 15) is 13.2 Å². The summed E-state index contributed by atoms with van der Waals surface area (Å²) in [5.74, 6) is -0.295. The summed E-state index contributed by atoms with van der Waals surface area (Å²) in [5.41, 5.74) is 6.98. The molecule has 18 heavy (non-hydrogen) atoms. The second kappa shape index (κ2) is 5.38. The summed E-state index contributed by atoms with van der Waals surface area (Å²) in [7, 11) is -1.36. The van der Waals surface area contributed by atoms with Crippen molar-refractivity contribution in [2.24, 2.45) is 7.05 Å². The van der Waals surface area contributed by atoms with Gasteiger partial charge in [0.25, 0.3) is 5.91 Å². The Morgan fingerprint density at radius 1 is 1.50 bits per heavy atom. The van der Waals surface area contributed by atoms with Gasteiger partial charge in [-0.25, -0.2) is 8.42 Å². The molecule has 1 aromatic heterocycles. The predicted molar refractivity (Wildman–Crippen MR) is 69.0 cm³/mol. The number of nitrogen functional groups attached to an aromatic ring is 1. The number of rotatable bonds is 5. The molecular weight excluding hydrogens is 256 g/mol. The van der Waals surface area contributed by atoms with Gasteiger partial charge in [-0.1, -0.05) is 0 Å². The van der Waals surface area contributed by atoms with E-state index in [4.69, 9.17) is 5.73 Å². The third-order valence-corrected chi connectivity index (χ3v) is 3.49. The molecule has 8 heteroatoms. The van der Waals surface area contributed by atoms with Crippen LogP contribution < -0.4 is 11.1 Å². The van der Waals surface area contributed by atoms with E-state index in [0.717, 1.165) is 6.26 Å². The van der Waals surface area contributed by atoms with Crippen molar-refractivity contribution in [3.05, 3.63) is 11.4 Å². The molecule has 0 atom stereocenters. The smallest absolute Gasteiger partial charge is 0.271 e. The van der Waals surface area contributed by atoms with E-state index in [2.05, 4.69) is 10.4 Å². The molecule has 1 heterocycles. The number of sulfone groups is 1. The first-order valence-electron chi connectivity index (χ1n) is 5.47. The van der Waals surface area contributed by atoms with Crippen molar-refractivity contribution < 1.29 is 13.2 Å². The molecule has 1 rings (SSSR count). The lowest BCUT2D eigenvalue weighted by atomic mass is 10.3. The van der Waals surface area contributed by atoms with Gasteiger partial charge in [-0.2, -0.15) is 5.10 Å². The molecule has 0 bridgehead atoms. The van der Waals surface area contributed by atoms with Gasteiger partial charge in [0, 0.05) is 19.8 Å². The van der Waals surface area contributed by atoms with Crippen LogP contribution in [0, 0.1) is 6.92 Å². The van der Waals surface area contributed by atoms with Gasteiger partial charge in [-0.3, -0.25) is 9.48 Å². The van der Waals surface area contributed by atoms with Crippen molar-refractivity contribution in [3.8, 4) is 0 Å². The molecule has 0 aliphatic rings. The first kappa shape index (κ1) is 14.5. The predicted octanol–water partition coefficient (Wildman–Crippen LogP) is -0.525. The number of nitrogens with zero attached hydrogens (tertiary/aromatic N) is 2. The molecule has 1 aromatic rings. The molecule has 0 spiro atoms. The van der Waals surface area contributed by atoms with Gasteiger partial charge in [0.05, 0.1) is 17.1 Å². The lowest BCUT2D eigenvalue weighted by Gasteiger charge is -2.05. The fourth-order valence-corrected chi connectivity index (χ4v) is 2.23. The van der Waals surface area contributed by atoms with Crippen LogP contribution >= 0.6 is 0 Å². The quantitative estimate of drug-likeness (QED) is 0.702. The Balaban J connectivity index is 2.56. The van der Waals surface area contributed by atoms with Crippen molar-refractivity contribution in [1.82, 2.24) is 15.1 Å². The molecule has 7 nitrogen and oxygen atoms in total. The molecule has 1 amide bonds. The molecule has 0 fully saturated rings. The van der Waals surface area contributed by atoms with E-state index < -0.39 is 9.84 Å². The third kappa shape index (κ3) is 3.73. The fourth-order valence-electron chi connectivity index (χ4n) is 1.56. The average molecular weight is 274 g/mol. The van der Waals surface area contributed by atoms with Crippen LogP contribution in [0.4, 0.5) is 5.69 Å². The second-order valence-corrected chi connectivity index (χ2v) is 6.47. The normalized spacial score (nSPS) is 11.5. The summed E-state index contributed by atoms with van der Waals surface area (Å²) < 4.78 is 23.2. The number of anilines is 1. The molecule has 102 valence electrons. The van der Waals surface area contributed by atoms with Gasteiger partial charge >= 0.3 is 0 Å². The Hall–Kier alpha value is -1.57. The van der Waals surface area contributed by atoms with E-state index >= 15 is 0 Å². The highest BCUT2D eigenvalue weighted by atomic mass is 32.2. The SMILES string of the molecule is Cc1nn(C)c(C(=O)NCCCS(C)(=O)=O)c1N. The summed E-state index contributed by atoms with van der Waals surface area (Å²) in [6.07, 6.45) is 1.54. The highest BCUT2D eigenvalue weighted by molar-refractivity contribution is 7.90. The summed E-state index contributed by atoms with van der Waals surface area (Å²) in [5, 5.41) is 6.66. The Bertz CT molecular complexity index is 548. The third-order valence-electron chi connectivity index (χ3n) is 2.46. The van der Waals surface area contributed by atoms with Crippen molar-refractivity contribution in [3.63, 3.8) is 0 Å². The number of aryl methyl sites for hydroxylation is 2. The number of nitrogens with two attached hydrogens (primary N) is 1. The maximum atomic E-state index is 11.8. The molecule has 0 aromatic carbocycles. The Morgan fingerprint density at radius 2 is 2.11 bits per heavy atom. The highest BCUT2D eigenvalue weighted by Gasteiger charge is 2.17. The van der Waals surface area contributed by atoms with Crippen LogP contribution in [0.5, 0.6) is 0 Å². The summed E-state index contributed by atoms with van der Waals surface area (Å²) >= 11 is 0. The standard InChI is InChI=1S/C10H18N4O3S/c1-7-8(11)9(14(2)13-7)10(15)12-5-4-6-18(3,16)17/h4-6,11H2,1-3H3,(H,12,15). The zero-order valence-corrected chi connectivity index (χ0v) is 11.5. The van der Waals surface area contributed by atoms with Gasteiger partial charge in [0.15, 0.2) is 0 Å². The van der Waals surface area contributed by atoms with E-state index in [1.54, 1.807) is 14.0 Å². The van der Waals surface area contributed by atoms with Gasteiger partial charge in [-0.15, -0.1) is 0 Å². The molecule has 0 aliphatic carbocycles. The van der Waals surface area contributed by atoms with Crippen LogP contribution in [-0.2, 0) is 16.9 Å². The van der Waals surface area contributed by atoms with Crippen LogP contribution in [0.2, 0.25) is 0 Å². The molecule has 0 unspecified atom stereocenters. The number of nitrogens with one attached hydrogen (secondary N) is 1. The van der Waals surface area contributed by atoms with Crippen molar-refractivity contribution >= 4 is 21.4 Å². The van der Waals surface area contributed by atoms with Crippen LogP contribution in [0.1, 0.15) is 22.6 Å². The lowest BCUT2D eigenvalue weighted by Crippen LogP contribution is -2.28. The maximum absolute atomic E-state index is 11.8. The van der Waals surface area contributed by atoms with Crippen molar-refractivity contribution in [2.75, 3.05) is 24.3 Å². The van der Waals surface area contributed by atoms with Gasteiger partial charge in [0.1, 0.15) is 15.5 Å². The van der Waals surface area contributed by atoms with Gasteiger partial charge in [-0.05, 0) is 13.3 Å². The molecule has 0 saturated heterocycles. The van der Waals surface area contributed by atoms with Crippen molar-refractivity contribution in [2.45, 2.75) is 13.3 Å². The number of carbonyl (C=O) groups is 1. The van der Waals surface area contributed by atoms with Gasteiger partial charge in [0.2, 0.25) is 0 Å². The summed E-state index contributed by atoms with van der Waals surface area (Å²) in [4.78, 5) is 11.8. The Labute approximate surface area is 106 Å². The molecular formula is C10H18N4O3S. The van der Waals surface area contributed by atoms with Crippen LogP contribution in [0.25, 0.3) is 0 Å². The maximum Gasteiger partial charge on any atom is 0.271 e. The van der Waals surface area contributed by atoms with E-state index in [-0.39, 0.29) is 18.2 Å². The van der Waals surface area contributed by atoms with Crippen LogP contribution in [-0.4, -0.2) is 42.7 Å². The second-order valence-electron chi connectivity index (χ2n) is 4.21. The zero-order chi connectivity index (χ0) is 13.9. The minimum atomic E-state index is -2.99. The van der Waals surface area contributed by atoms with Crippen molar-refractivity contribution in [1.29, 1.82) is 0 Å². The first-order valence-corrected chi connectivity index (χ1v) is 7.53. The first-order chi connectivity index (χ1) is 8.22. The Kier molecular flexibility index (Phi) is 4.33. The monoisotopic (exact) mass is 274 g/mol. The lowest BCUT2D eigenvalue weighted by molar-refractivity contribution is 0.0945. The minimum Gasteiger partial charge on any atom is -0.395 e. The minimum absolute atomic E-state index is 0.0488. The fraction of sp³-hybridized carbons (Fsp3) is 0.600. The molecule has 3 N–H and O–H groups in total. The van der Waals surface area contributed by atoms with E-state index in [1.807, 2.05) is 0 Å². The number of amides is 1. The van der Waals surface area contributed by atoms with Crippen LogP contribution in [0.15, 0.2) is 0 Å². The Morgan fingerprint density at radius 3 is 2.56 bits per heavy atom. The van der Waals surface area contributed by atoms with Gasteiger partial charge < -0.3 is 11.1 Å². The van der Waals surface area contributed by atoms with E-state index in [1.165, 1.54) is 4.68 Å². The molecule has 0 aliphatic heterocycles.